The zero-order valence-corrected chi connectivity index (χ0v) is 18.9. The first-order valence-electron chi connectivity index (χ1n) is 9.66. The van der Waals surface area contributed by atoms with Crippen LogP contribution >= 0.6 is 15.9 Å². The lowest BCUT2D eigenvalue weighted by Crippen LogP contribution is -2.64. The SMILES string of the molecule is CC(C)OCC(O)CN1C(N/N=C/c2cc(Br)ccc2O)=NC2C1C(=O)NC(=O)N2C. The number of guanidine groups is 1. The topological polar surface area (TPSA) is 139 Å². The summed E-state index contributed by atoms with van der Waals surface area (Å²) < 4.78 is 6.22. The largest absolute Gasteiger partial charge is 0.507 e. The number of aromatic hydroxyl groups is 1. The molecular weight excluding hydrogens is 472 g/mol. The van der Waals surface area contributed by atoms with Crippen LogP contribution in [-0.2, 0) is 9.53 Å². The Labute approximate surface area is 187 Å². The molecule has 3 rings (SSSR count). The van der Waals surface area contributed by atoms with E-state index in [1.807, 2.05) is 13.8 Å². The minimum atomic E-state index is -0.901. The maximum absolute atomic E-state index is 12.5. The van der Waals surface area contributed by atoms with Crippen LogP contribution in [0.4, 0.5) is 4.79 Å². The molecule has 1 fully saturated rings. The minimum absolute atomic E-state index is 0.0345. The number of phenols is 1. The molecule has 12 heteroatoms. The molecule has 0 aromatic heterocycles. The normalized spacial score (nSPS) is 22.1. The molecule has 0 saturated carbocycles. The number of hydrogen-bond acceptors (Lipinski definition) is 9. The monoisotopic (exact) mass is 496 g/mol. The fourth-order valence-corrected chi connectivity index (χ4v) is 3.57. The van der Waals surface area contributed by atoms with Gasteiger partial charge in [-0.1, -0.05) is 15.9 Å². The second-order valence-corrected chi connectivity index (χ2v) is 8.39. The van der Waals surface area contributed by atoms with Gasteiger partial charge in [-0.15, -0.1) is 0 Å². The molecule has 3 atom stereocenters. The molecule has 0 bridgehead atoms. The van der Waals surface area contributed by atoms with Crippen molar-refractivity contribution in [2.24, 2.45) is 10.1 Å². The summed E-state index contributed by atoms with van der Waals surface area (Å²) in [5, 5.41) is 26.7. The van der Waals surface area contributed by atoms with Crippen molar-refractivity contribution >= 4 is 40.0 Å². The van der Waals surface area contributed by atoms with Gasteiger partial charge in [-0.2, -0.15) is 5.10 Å². The molecule has 31 heavy (non-hydrogen) atoms. The van der Waals surface area contributed by atoms with Crippen molar-refractivity contribution in [2.75, 3.05) is 20.2 Å². The fourth-order valence-electron chi connectivity index (χ4n) is 3.19. The van der Waals surface area contributed by atoms with Crippen molar-refractivity contribution in [3.63, 3.8) is 0 Å². The van der Waals surface area contributed by atoms with E-state index in [1.165, 1.54) is 24.2 Å². The van der Waals surface area contributed by atoms with Crippen molar-refractivity contribution in [2.45, 2.75) is 38.3 Å². The van der Waals surface area contributed by atoms with E-state index >= 15 is 0 Å². The van der Waals surface area contributed by atoms with Crippen LogP contribution in [0.2, 0.25) is 0 Å². The van der Waals surface area contributed by atoms with Crippen molar-refractivity contribution in [3.05, 3.63) is 28.2 Å². The number of phenolic OH excluding ortho intramolecular Hbond substituents is 1. The van der Waals surface area contributed by atoms with E-state index in [-0.39, 0.29) is 31.0 Å². The predicted molar refractivity (Wildman–Crippen MR) is 117 cm³/mol. The number of fused-ring (bicyclic) bond motifs is 1. The smallest absolute Gasteiger partial charge is 0.325 e. The first kappa shape index (κ1) is 23.0. The number of rotatable bonds is 7. The number of aliphatic hydroxyl groups is 1. The summed E-state index contributed by atoms with van der Waals surface area (Å²) >= 11 is 3.33. The highest BCUT2D eigenvalue weighted by Gasteiger charge is 2.49. The maximum atomic E-state index is 12.5. The van der Waals surface area contributed by atoms with Gasteiger partial charge in [0.25, 0.3) is 5.91 Å². The summed E-state index contributed by atoms with van der Waals surface area (Å²) in [6.07, 6.45) is -0.328. The van der Waals surface area contributed by atoms with E-state index < -0.39 is 30.2 Å². The number of benzene rings is 1. The molecular formula is C19H25BrN6O5. The molecule has 2 heterocycles. The van der Waals surface area contributed by atoms with Gasteiger partial charge < -0.3 is 24.7 Å². The highest BCUT2D eigenvalue weighted by molar-refractivity contribution is 9.10. The predicted octanol–water partition coefficient (Wildman–Crippen LogP) is 0.412. The van der Waals surface area contributed by atoms with E-state index in [0.29, 0.717) is 5.56 Å². The van der Waals surface area contributed by atoms with Crippen LogP contribution in [-0.4, -0.2) is 88.7 Å². The van der Waals surface area contributed by atoms with Crippen LogP contribution in [0.15, 0.2) is 32.8 Å². The van der Waals surface area contributed by atoms with Crippen LogP contribution < -0.4 is 10.7 Å². The van der Waals surface area contributed by atoms with Gasteiger partial charge in [-0.3, -0.25) is 10.1 Å². The highest BCUT2D eigenvalue weighted by Crippen LogP contribution is 2.24. The van der Waals surface area contributed by atoms with Gasteiger partial charge in [-0.25, -0.2) is 15.2 Å². The Balaban J connectivity index is 1.80. The molecule has 1 saturated heterocycles. The second-order valence-electron chi connectivity index (χ2n) is 7.48. The summed E-state index contributed by atoms with van der Waals surface area (Å²) in [5.74, 6) is -0.265. The third kappa shape index (κ3) is 5.32. The van der Waals surface area contributed by atoms with E-state index in [1.54, 1.807) is 17.0 Å². The third-order valence-corrected chi connectivity index (χ3v) is 5.24. The van der Waals surface area contributed by atoms with Gasteiger partial charge in [0.05, 0.1) is 31.6 Å². The average Bonchev–Trinajstić information content (AvgIpc) is 3.06. The standard InChI is InChI=1S/C19H25BrN6O5/c1-10(2)31-9-13(27)8-26-15-16(25(3)19(30)23-17(15)29)22-18(26)24-21-7-11-6-12(20)4-5-14(11)28/h4-7,10,13,15-16,27-28H,8-9H2,1-3H3,(H,22,24)(H,23,29,30)/b21-7+. The Bertz CT molecular complexity index is 908. The Morgan fingerprint density at radius 3 is 2.87 bits per heavy atom. The zero-order valence-electron chi connectivity index (χ0n) is 17.3. The number of carbonyl (C=O) groups is 2. The second kappa shape index (κ2) is 9.62. The van der Waals surface area contributed by atoms with Gasteiger partial charge in [0.2, 0.25) is 5.96 Å². The molecule has 1 aromatic carbocycles. The third-order valence-electron chi connectivity index (χ3n) is 4.75. The number of likely N-dealkylation sites (N-methyl/N-ethyl adjacent to an activating group) is 1. The molecule has 2 aliphatic rings. The van der Waals surface area contributed by atoms with Crippen LogP contribution in [0.25, 0.3) is 0 Å². The lowest BCUT2D eigenvalue weighted by atomic mass is 10.1. The van der Waals surface area contributed by atoms with Crippen molar-refractivity contribution in [1.82, 2.24) is 20.5 Å². The van der Waals surface area contributed by atoms with E-state index in [0.717, 1.165) is 4.47 Å². The van der Waals surface area contributed by atoms with Gasteiger partial charge in [0.1, 0.15) is 5.75 Å². The Kier molecular flexibility index (Phi) is 7.13. The molecule has 11 nitrogen and oxygen atoms in total. The maximum Gasteiger partial charge on any atom is 0.325 e. The van der Waals surface area contributed by atoms with Crippen LogP contribution in [0.5, 0.6) is 5.75 Å². The molecule has 0 spiro atoms. The zero-order chi connectivity index (χ0) is 22.7. The van der Waals surface area contributed by atoms with Gasteiger partial charge in [0, 0.05) is 17.1 Å². The van der Waals surface area contributed by atoms with E-state index in [2.05, 4.69) is 36.8 Å². The number of nitrogens with one attached hydrogen (secondary N) is 2. The number of halogens is 1. The van der Waals surface area contributed by atoms with Gasteiger partial charge >= 0.3 is 6.03 Å². The number of carbonyl (C=O) groups excluding carboxylic acids is 2. The summed E-state index contributed by atoms with van der Waals surface area (Å²) in [6.45, 7) is 3.82. The summed E-state index contributed by atoms with van der Waals surface area (Å²) in [5.41, 5.74) is 3.22. The molecule has 0 aliphatic carbocycles. The lowest BCUT2D eigenvalue weighted by molar-refractivity contribution is -0.127. The average molecular weight is 497 g/mol. The number of amides is 3. The molecule has 4 N–H and O–H groups in total. The first-order valence-corrected chi connectivity index (χ1v) is 10.5. The van der Waals surface area contributed by atoms with E-state index in [9.17, 15) is 19.8 Å². The van der Waals surface area contributed by atoms with Crippen LogP contribution in [0, 0.1) is 0 Å². The van der Waals surface area contributed by atoms with Crippen LogP contribution in [0.1, 0.15) is 19.4 Å². The molecule has 3 unspecified atom stereocenters. The summed E-state index contributed by atoms with van der Waals surface area (Å²) in [6, 6.07) is 3.52. The van der Waals surface area contributed by atoms with Crippen molar-refractivity contribution < 1.29 is 24.5 Å². The Morgan fingerprint density at radius 1 is 1.42 bits per heavy atom. The molecule has 0 radical (unpaired) electrons. The Morgan fingerprint density at radius 2 is 2.16 bits per heavy atom. The Hall–Kier alpha value is -2.70. The number of ether oxygens (including phenoxy) is 1. The van der Waals surface area contributed by atoms with Gasteiger partial charge in [-0.05, 0) is 32.0 Å². The lowest BCUT2D eigenvalue weighted by Gasteiger charge is -2.36. The summed E-state index contributed by atoms with van der Waals surface area (Å²) in [4.78, 5) is 31.8. The van der Waals surface area contributed by atoms with Crippen molar-refractivity contribution in [1.29, 1.82) is 0 Å². The first-order chi connectivity index (χ1) is 14.7. The number of aliphatic imine (C=N–C) groups is 1. The number of hydrazone groups is 1. The number of urea groups is 1. The molecule has 168 valence electrons. The van der Waals surface area contributed by atoms with Crippen LogP contribution in [0.3, 0.4) is 0 Å². The number of nitrogens with zero attached hydrogens (tertiary/aromatic N) is 4. The minimum Gasteiger partial charge on any atom is -0.507 e. The number of hydrogen-bond donors (Lipinski definition) is 4. The number of β-amino-alcohol motifs (C(OH)–C–C–N with tert-alkyl or cyclic N) is 1. The van der Waals surface area contributed by atoms with Crippen molar-refractivity contribution in [3.8, 4) is 5.75 Å². The summed E-state index contributed by atoms with van der Waals surface area (Å²) in [7, 11) is 1.53. The van der Waals surface area contributed by atoms with Gasteiger partial charge in [0.15, 0.2) is 12.2 Å². The number of imide groups is 1. The number of aliphatic hydroxyl groups excluding tert-OH is 1. The quantitative estimate of drug-likeness (QED) is 0.316. The highest BCUT2D eigenvalue weighted by atomic mass is 79.9. The fraction of sp³-hybridized carbons (Fsp3) is 0.474. The van der Waals surface area contributed by atoms with E-state index in [4.69, 9.17) is 4.74 Å². The molecule has 1 aromatic rings. The molecule has 3 amide bonds. The molecule has 2 aliphatic heterocycles.